The van der Waals surface area contributed by atoms with Gasteiger partial charge in [-0.15, -0.1) is 0 Å². The zero-order valence-corrected chi connectivity index (χ0v) is 45.2. The Balaban J connectivity index is 1.92. The lowest BCUT2D eigenvalue weighted by atomic mass is 10.00. The molecule has 2 aromatic rings. The monoisotopic (exact) mass is 907 g/mol. The first kappa shape index (κ1) is 59.6. The van der Waals surface area contributed by atoms with Crippen LogP contribution in [0.15, 0.2) is 58.5 Å². The second-order valence-corrected chi connectivity index (χ2v) is 20.6. The topological polar surface area (TPSA) is 24.7 Å². The van der Waals surface area contributed by atoms with Crippen molar-refractivity contribution in [1.29, 1.82) is 0 Å². The van der Waals surface area contributed by atoms with E-state index in [2.05, 4.69) is 90.1 Å². The predicted molar refractivity (Wildman–Crippen MR) is 301 cm³/mol. The van der Waals surface area contributed by atoms with E-state index in [1.165, 1.54) is 247 Å². The minimum Gasteiger partial charge on any atom is -0.251 e. The molecule has 0 unspecified atom stereocenters. The summed E-state index contributed by atoms with van der Waals surface area (Å²) in [4.78, 5) is 11.1. The molecule has 0 fully saturated rings. The molecule has 376 valence electrons. The molecule has 2 aromatic carbocycles. The Morgan fingerprint density at radius 3 is 0.939 bits per heavy atom. The largest absolute Gasteiger partial charge is 0.251 e. The van der Waals surface area contributed by atoms with Crippen molar-refractivity contribution in [3.63, 3.8) is 0 Å². The molecule has 0 atom stereocenters. The highest BCUT2D eigenvalue weighted by molar-refractivity contribution is 6.47. The van der Waals surface area contributed by atoms with Crippen molar-refractivity contribution in [2.75, 3.05) is 0 Å². The molecule has 0 radical (unpaired) electrons. The van der Waals surface area contributed by atoms with Crippen LogP contribution in [0.5, 0.6) is 0 Å². The average Bonchev–Trinajstić information content (AvgIpc) is 3.32. The third kappa shape index (κ3) is 32.3. The summed E-state index contributed by atoms with van der Waals surface area (Å²) in [5, 5.41) is 0. The Bertz CT molecular complexity index is 1440. The molecule has 0 N–H and O–H groups in total. The Labute approximate surface area is 413 Å². The molecular formula is C64H110N2. The van der Waals surface area contributed by atoms with Gasteiger partial charge in [0.1, 0.15) is 0 Å². The first-order chi connectivity index (χ1) is 32.6. The number of aryl methyl sites for hydroxylation is 4. The van der Waals surface area contributed by atoms with E-state index in [-0.39, 0.29) is 0 Å². The van der Waals surface area contributed by atoms with E-state index in [1.807, 2.05) is 0 Å². The highest BCUT2D eigenvalue weighted by atomic mass is 14.8. The van der Waals surface area contributed by atoms with E-state index < -0.39 is 0 Å². The van der Waals surface area contributed by atoms with Crippen LogP contribution < -0.4 is 0 Å². The lowest BCUT2D eigenvalue weighted by Crippen LogP contribution is -2.12. The first-order valence-corrected chi connectivity index (χ1v) is 29.6. The van der Waals surface area contributed by atoms with Crippen LogP contribution in [-0.2, 0) is 25.7 Å². The van der Waals surface area contributed by atoms with E-state index in [0.29, 0.717) is 0 Å². The summed E-state index contributed by atoms with van der Waals surface area (Å²) < 4.78 is 0. The summed E-state index contributed by atoms with van der Waals surface area (Å²) in [7, 11) is 0. The zero-order chi connectivity index (χ0) is 47.4. The fourth-order valence-corrected chi connectivity index (χ4v) is 9.59. The standard InChI is InChI=1S/C64H110N2/c1-7-13-19-20-21-22-23-24-25-26-27-28-29-30-31-32-33-34-35-36-37-38-39-40-41-42-44-50-64(66-62-55-59(47-17-11-5)52-60(56-62)48-18-12-6)63(49-43-14-8-2)65-61-53-57(45-15-9-3)51-58(54-61)46-16-10-4/h44,50-56H,7-43,45-49H2,1-6H3/b50-44+,65-63?,66-64?. The van der Waals surface area contributed by atoms with Gasteiger partial charge in [0.15, 0.2) is 0 Å². The van der Waals surface area contributed by atoms with Crippen molar-refractivity contribution in [3.8, 4) is 0 Å². The van der Waals surface area contributed by atoms with Crippen molar-refractivity contribution in [1.82, 2.24) is 0 Å². The van der Waals surface area contributed by atoms with Crippen LogP contribution >= 0.6 is 0 Å². The molecule has 2 rings (SSSR count). The second-order valence-electron chi connectivity index (χ2n) is 20.6. The highest BCUT2D eigenvalue weighted by Gasteiger charge is 2.11. The normalized spacial score (nSPS) is 12.3. The quantitative estimate of drug-likeness (QED) is 0.0467. The van der Waals surface area contributed by atoms with Crippen LogP contribution in [0.3, 0.4) is 0 Å². The van der Waals surface area contributed by atoms with Crippen LogP contribution in [0.4, 0.5) is 11.4 Å². The van der Waals surface area contributed by atoms with Crippen molar-refractivity contribution in [3.05, 3.63) is 70.8 Å². The number of rotatable bonds is 46. The van der Waals surface area contributed by atoms with Gasteiger partial charge < -0.3 is 0 Å². The van der Waals surface area contributed by atoms with Gasteiger partial charge in [0, 0.05) is 0 Å². The molecule has 0 amide bonds. The van der Waals surface area contributed by atoms with E-state index in [4.69, 9.17) is 9.98 Å². The third-order valence-electron chi connectivity index (χ3n) is 13.9. The van der Waals surface area contributed by atoms with Crippen molar-refractivity contribution >= 4 is 22.8 Å². The minimum absolute atomic E-state index is 0.970. The van der Waals surface area contributed by atoms with Gasteiger partial charge in [-0.05, 0) is 130 Å². The van der Waals surface area contributed by atoms with Gasteiger partial charge in [0.2, 0.25) is 0 Å². The first-order valence-electron chi connectivity index (χ1n) is 29.6. The third-order valence-corrected chi connectivity index (χ3v) is 13.9. The zero-order valence-electron chi connectivity index (χ0n) is 45.2. The molecular weight excluding hydrogens is 797 g/mol. The summed E-state index contributed by atoms with van der Waals surface area (Å²) in [5.41, 5.74) is 10.3. The summed E-state index contributed by atoms with van der Waals surface area (Å²) in [6.45, 7) is 13.8. The maximum Gasteiger partial charge on any atom is 0.0848 e. The summed E-state index contributed by atoms with van der Waals surface area (Å²) >= 11 is 0. The van der Waals surface area contributed by atoms with E-state index >= 15 is 0 Å². The lowest BCUT2D eigenvalue weighted by Gasteiger charge is -2.12. The highest BCUT2D eigenvalue weighted by Crippen LogP contribution is 2.26. The van der Waals surface area contributed by atoms with Gasteiger partial charge in [-0.3, -0.25) is 4.99 Å². The molecule has 0 bridgehead atoms. The molecule has 0 aromatic heterocycles. The number of hydrogen-bond acceptors (Lipinski definition) is 2. The molecule has 0 saturated carbocycles. The van der Waals surface area contributed by atoms with Crippen molar-refractivity contribution < 1.29 is 0 Å². The molecule has 2 heteroatoms. The van der Waals surface area contributed by atoms with Gasteiger partial charge >= 0.3 is 0 Å². The maximum atomic E-state index is 5.56. The van der Waals surface area contributed by atoms with Crippen LogP contribution in [0.25, 0.3) is 0 Å². The van der Waals surface area contributed by atoms with Crippen LogP contribution in [0.1, 0.15) is 308 Å². The van der Waals surface area contributed by atoms with E-state index in [1.54, 1.807) is 0 Å². The van der Waals surface area contributed by atoms with Crippen molar-refractivity contribution in [2.45, 2.75) is 311 Å². The van der Waals surface area contributed by atoms with Crippen LogP contribution in [0.2, 0.25) is 0 Å². The number of benzene rings is 2. The van der Waals surface area contributed by atoms with Crippen LogP contribution in [0, 0.1) is 0 Å². The Morgan fingerprint density at radius 2 is 0.606 bits per heavy atom. The van der Waals surface area contributed by atoms with Gasteiger partial charge in [-0.25, -0.2) is 4.99 Å². The molecule has 0 aliphatic heterocycles. The Hall–Kier alpha value is -2.48. The fraction of sp³-hybridized carbons (Fsp3) is 0.750. The van der Waals surface area contributed by atoms with Crippen LogP contribution in [-0.4, -0.2) is 11.4 Å². The number of nitrogens with zero attached hydrogens (tertiary/aromatic N) is 2. The second kappa shape index (κ2) is 43.8. The summed E-state index contributed by atoms with van der Waals surface area (Å²) in [6.07, 6.45) is 60.7. The Kier molecular flexibility index (Phi) is 39.6. The SMILES string of the molecule is CCCCCCCCCCCCCCCCCCCCCCCCCCC/C=C/C(=Nc1cc(CCCC)cc(CCCC)c1)C(CCCCC)=Nc1cc(CCCC)cc(CCCC)c1. The van der Waals surface area contributed by atoms with E-state index in [0.717, 1.165) is 67.7 Å². The smallest absolute Gasteiger partial charge is 0.0848 e. The predicted octanol–water partition coefficient (Wildman–Crippen LogP) is 22.2. The molecule has 2 nitrogen and oxygen atoms in total. The molecule has 0 saturated heterocycles. The molecule has 0 spiro atoms. The van der Waals surface area contributed by atoms with Gasteiger partial charge in [-0.2, -0.15) is 0 Å². The molecule has 66 heavy (non-hydrogen) atoms. The summed E-state index contributed by atoms with van der Waals surface area (Å²) in [6, 6.07) is 14.4. The number of unbranched alkanes of at least 4 members (excludes halogenated alkanes) is 31. The number of hydrogen-bond donors (Lipinski definition) is 0. The maximum absolute atomic E-state index is 5.56. The van der Waals surface area contributed by atoms with E-state index in [9.17, 15) is 0 Å². The molecule has 0 heterocycles. The Morgan fingerprint density at radius 1 is 0.318 bits per heavy atom. The van der Waals surface area contributed by atoms with Crippen molar-refractivity contribution in [2.24, 2.45) is 9.98 Å². The van der Waals surface area contributed by atoms with Gasteiger partial charge in [-0.1, -0.05) is 252 Å². The number of allylic oxidation sites excluding steroid dienone is 2. The number of aliphatic imine (C=N–C) groups is 2. The average molecular weight is 908 g/mol. The fourth-order valence-electron chi connectivity index (χ4n) is 9.59. The molecule has 0 aliphatic carbocycles. The van der Waals surface area contributed by atoms with Gasteiger partial charge in [0.05, 0.1) is 22.8 Å². The minimum atomic E-state index is 0.970. The lowest BCUT2D eigenvalue weighted by molar-refractivity contribution is 0.516. The molecule has 0 aliphatic rings. The van der Waals surface area contributed by atoms with Gasteiger partial charge in [0.25, 0.3) is 0 Å². The summed E-state index contributed by atoms with van der Waals surface area (Å²) in [5.74, 6) is 0.